The van der Waals surface area contributed by atoms with Crippen molar-refractivity contribution in [2.24, 2.45) is 17.8 Å². The number of unbranched alkanes of at least 4 members (excludes halogenated alkanes) is 2. The Labute approximate surface area is 177 Å². The fraction of sp³-hybridized carbons (Fsp3) is 0.615. The second kappa shape index (κ2) is 10.6. The van der Waals surface area contributed by atoms with E-state index in [4.69, 9.17) is 0 Å². The van der Waals surface area contributed by atoms with Gasteiger partial charge in [0.05, 0.1) is 12.2 Å². The maximum absolute atomic E-state index is 10.5. The van der Waals surface area contributed by atoms with Crippen molar-refractivity contribution in [2.75, 3.05) is 20.6 Å². The first-order valence-corrected chi connectivity index (χ1v) is 11.4. The number of aliphatic hydroxyl groups is 2. The predicted molar refractivity (Wildman–Crippen MR) is 121 cm³/mol. The first-order chi connectivity index (χ1) is 13.9. The number of allylic oxidation sites excluding steroid dienone is 2. The quantitative estimate of drug-likeness (QED) is 0.451. The third-order valence-corrected chi connectivity index (χ3v) is 6.67. The van der Waals surface area contributed by atoms with Crippen molar-refractivity contribution in [2.45, 2.75) is 64.1 Å². The maximum Gasteiger partial charge on any atom is 0.0761 e. The first-order valence-electron chi connectivity index (χ1n) is 11.4. The lowest BCUT2D eigenvalue weighted by atomic mass is 9.88. The van der Waals surface area contributed by atoms with E-state index in [1.165, 1.54) is 37.8 Å². The zero-order valence-electron chi connectivity index (χ0n) is 18.4. The summed E-state index contributed by atoms with van der Waals surface area (Å²) in [5.41, 5.74) is 3.98. The van der Waals surface area contributed by atoms with Crippen LogP contribution < -0.4 is 0 Å². The summed E-state index contributed by atoms with van der Waals surface area (Å²) in [6, 6.07) is 8.34. The van der Waals surface area contributed by atoms with Gasteiger partial charge in [0, 0.05) is 12.3 Å². The Hall–Kier alpha value is -1.42. The third kappa shape index (κ3) is 6.53. The van der Waals surface area contributed by atoms with E-state index in [-0.39, 0.29) is 12.0 Å². The Morgan fingerprint density at radius 1 is 1.14 bits per heavy atom. The van der Waals surface area contributed by atoms with Gasteiger partial charge in [-0.2, -0.15) is 0 Å². The Morgan fingerprint density at radius 2 is 1.90 bits per heavy atom. The molecule has 0 heterocycles. The molecule has 3 nitrogen and oxygen atoms in total. The summed E-state index contributed by atoms with van der Waals surface area (Å²) < 4.78 is 0. The van der Waals surface area contributed by atoms with Crippen molar-refractivity contribution >= 4 is 0 Å². The smallest absolute Gasteiger partial charge is 0.0761 e. The highest BCUT2D eigenvalue weighted by molar-refractivity contribution is 5.23. The molecule has 1 fully saturated rings. The molecule has 0 saturated heterocycles. The van der Waals surface area contributed by atoms with Gasteiger partial charge in [0.15, 0.2) is 0 Å². The molecular weight excluding hydrogens is 358 g/mol. The minimum Gasteiger partial charge on any atom is -0.392 e. The van der Waals surface area contributed by atoms with Gasteiger partial charge >= 0.3 is 0 Å². The van der Waals surface area contributed by atoms with Gasteiger partial charge in [0.1, 0.15) is 0 Å². The van der Waals surface area contributed by atoms with E-state index in [0.717, 1.165) is 18.4 Å². The molecule has 0 radical (unpaired) electrons. The minimum absolute atomic E-state index is 0.176. The van der Waals surface area contributed by atoms with Crippen molar-refractivity contribution in [1.82, 2.24) is 4.90 Å². The zero-order chi connectivity index (χ0) is 20.8. The molecule has 2 aliphatic carbocycles. The lowest BCUT2D eigenvalue weighted by Crippen LogP contribution is -2.18. The Morgan fingerprint density at radius 3 is 2.62 bits per heavy atom. The molecule has 0 aliphatic heterocycles. The number of benzene rings is 1. The van der Waals surface area contributed by atoms with E-state index >= 15 is 0 Å². The fourth-order valence-electron chi connectivity index (χ4n) is 5.04. The molecule has 2 aliphatic rings. The van der Waals surface area contributed by atoms with E-state index in [1.807, 2.05) is 6.08 Å². The number of rotatable bonds is 10. The summed E-state index contributed by atoms with van der Waals surface area (Å²) in [7, 11) is 4.27. The second-order valence-corrected chi connectivity index (χ2v) is 9.49. The van der Waals surface area contributed by atoms with Gasteiger partial charge in [0.25, 0.3) is 0 Å². The van der Waals surface area contributed by atoms with Gasteiger partial charge in [0.2, 0.25) is 0 Å². The molecule has 3 rings (SSSR count). The zero-order valence-corrected chi connectivity index (χ0v) is 18.4. The normalized spacial score (nSPS) is 27.6. The average molecular weight is 398 g/mol. The Kier molecular flexibility index (Phi) is 8.11. The first kappa shape index (κ1) is 22.3. The van der Waals surface area contributed by atoms with Gasteiger partial charge in [-0.15, -0.1) is 0 Å². The summed E-state index contributed by atoms with van der Waals surface area (Å²) in [5.74, 6) is 1.21. The molecule has 0 amide bonds. The van der Waals surface area contributed by atoms with Crippen molar-refractivity contribution < 1.29 is 10.2 Å². The number of nitrogens with zero attached hydrogens (tertiary/aromatic N) is 1. The van der Waals surface area contributed by atoms with Crippen molar-refractivity contribution in [3.63, 3.8) is 0 Å². The number of aryl methyl sites for hydroxylation is 1. The van der Waals surface area contributed by atoms with Gasteiger partial charge in [-0.1, -0.05) is 60.1 Å². The monoisotopic (exact) mass is 397 g/mol. The summed E-state index contributed by atoms with van der Waals surface area (Å²) in [4.78, 5) is 2.25. The van der Waals surface area contributed by atoms with Crippen molar-refractivity contribution in [1.29, 1.82) is 0 Å². The minimum atomic E-state index is -0.491. The second-order valence-electron chi connectivity index (χ2n) is 9.49. The number of hydrogen-bond acceptors (Lipinski definition) is 3. The molecule has 1 saturated carbocycles. The highest BCUT2D eigenvalue weighted by Crippen LogP contribution is 2.48. The Bertz CT molecular complexity index is 691. The van der Waals surface area contributed by atoms with Crippen molar-refractivity contribution in [3.05, 3.63) is 59.2 Å². The third-order valence-electron chi connectivity index (χ3n) is 6.67. The maximum atomic E-state index is 10.5. The Balaban J connectivity index is 1.46. The molecule has 5 atom stereocenters. The molecule has 160 valence electrons. The van der Waals surface area contributed by atoms with Crippen LogP contribution in [0, 0.1) is 24.7 Å². The standard InChI is InChI=1S/C26H39NO2/c1-19-8-10-20(11-9-19)16-23(28)12-13-24-25-17-21(15-22(25)18-26(24)29)7-5-4-6-14-27(2)3/h8-13,15,22-26,28-29H,4-7,14,16-18H2,1-3H3/t22-,23-,24+,25-,26+/m0/s1. The largest absolute Gasteiger partial charge is 0.392 e. The van der Waals surface area contributed by atoms with Crippen LogP contribution in [-0.2, 0) is 6.42 Å². The van der Waals surface area contributed by atoms with Crippen LogP contribution in [0.2, 0.25) is 0 Å². The van der Waals surface area contributed by atoms with Gasteiger partial charge in [-0.05, 0) is 77.1 Å². The molecule has 2 N–H and O–H groups in total. The van der Waals surface area contributed by atoms with Crippen LogP contribution in [0.25, 0.3) is 0 Å². The number of aliphatic hydroxyl groups excluding tert-OH is 2. The highest BCUT2D eigenvalue weighted by atomic mass is 16.3. The van der Waals surface area contributed by atoms with Gasteiger partial charge < -0.3 is 15.1 Å². The van der Waals surface area contributed by atoms with E-state index in [1.54, 1.807) is 5.57 Å². The number of hydrogen-bond donors (Lipinski definition) is 2. The molecule has 0 bridgehead atoms. The summed E-state index contributed by atoms with van der Waals surface area (Å²) in [6.45, 7) is 3.25. The van der Waals surface area contributed by atoms with Crippen LogP contribution in [-0.4, -0.2) is 48.0 Å². The predicted octanol–water partition coefficient (Wildman–Crippen LogP) is 4.52. The van der Waals surface area contributed by atoms with E-state index in [2.05, 4.69) is 62.3 Å². The van der Waals surface area contributed by atoms with E-state index in [0.29, 0.717) is 18.3 Å². The van der Waals surface area contributed by atoms with E-state index in [9.17, 15) is 10.2 Å². The molecule has 3 heteroatoms. The molecule has 0 spiro atoms. The van der Waals surface area contributed by atoms with Gasteiger partial charge in [-0.25, -0.2) is 0 Å². The molecule has 1 aromatic carbocycles. The van der Waals surface area contributed by atoms with Crippen LogP contribution in [0.15, 0.2) is 48.1 Å². The molecule has 1 aromatic rings. The molecule has 29 heavy (non-hydrogen) atoms. The lowest BCUT2D eigenvalue weighted by Gasteiger charge is -2.19. The topological polar surface area (TPSA) is 43.7 Å². The summed E-state index contributed by atoms with van der Waals surface area (Å²) in [5, 5.41) is 21.0. The van der Waals surface area contributed by atoms with Crippen molar-refractivity contribution in [3.8, 4) is 0 Å². The van der Waals surface area contributed by atoms with Crippen LogP contribution in [0.1, 0.15) is 49.7 Å². The molecule has 0 unspecified atom stereocenters. The molecule has 0 aromatic heterocycles. The molecular formula is C26H39NO2. The van der Waals surface area contributed by atoms with Crippen LogP contribution >= 0.6 is 0 Å². The van der Waals surface area contributed by atoms with Crippen LogP contribution in [0.5, 0.6) is 0 Å². The average Bonchev–Trinajstić information content (AvgIpc) is 3.18. The van der Waals surface area contributed by atoms with Crippen LogP contribution in [0.4, 0.5) is 0 Å². The summed E-state index contributed by atoms with van der Waals surface area (Å²) >= 11 is 0. The summed E-state index contributed by atoms with van der Waals surface area (Å²) in [6.07, 6.45) is 13.4. The van der Waals surface area contributed by atoms with E-state index < -0.39 is 6.10 Å². The van der Waals surface area contributed by atoms with Gasteiger partial charge in [-0.3, -0.25) is 0 Å². The highest BCUT2D eigenvalue weighted by Gasteiger charge is 2.43. The fourth-order valence-corrected chi connectivity index (χ4v) is 5.04. The van der Waals surface area contributed by atoms with Crippen LogP contribution in [0.3, 0.4) is 0 Å². The lowest BCUT2D eigenvalue weighted by molar-refractivity contribution is 0.140. The SMILES string of the molecule is Cc1ccc(C[C@@H](O)C=C[C@@H]2[C@H]3CC(CCCCCN(C)C)=C[C@H]3C[C@H]2O)cc1. The number of fused-ring (bicyclic) bond motifs is 1.